The van der Waals surface area contributed by atoms with E-state index >= 15 is 0 Å². The van der Waals surface area contributed by atoms with Gasteiger partial charge in [0.05, 0.1) is 18.5 Å². The molecule has 0 aromatic rings. The van der Waals surface area contributed by atoms with Crippen LogP contribution in [0, 0.1) is 0 Å². The van der Waals surface area contributed by atoms with Gasteiger partial charge in [0.15, 0.2) is 0 Å². The Hall–Kier alpha value is -0.760. The highest BCUT2D eigenvalue weighted by Crippen LogP contribution is 2.21. The fourth-order valence-corrected chi connectivity index (χ4v) is 1.43. The molecule has 1 rings (SSSR count). The molecule has 0 spiro atoms. The molecule has 0 N–H and O–H groups in total. The summed E-state index contributed by atoms with van der Waals surface area (Å²) in [4.78, 5) is 0. The van der Waals surface area contributed by atoms with Crippen molar-refractivity contribution in [2.45, 2.75) is 39.2 Å². The van der Waals surface area contributed by atoms with E-state index in [0.717, 1.165) is 12.8 Å². The van der Waals surface area contributed by atoms with E-state index in [9.17, 15) is 0 Å². The maximum atomic E-state index is 5.73. The Kier molecular flexibility index (Phi) is 4.21. The van der Waals surface area contributed by atoms with Gasteiger partial charge in [-0.05, 0) is 39.7 Å². The van der Waals surface area contributed by atoms with Crippen LogP contribution in [0.2, 0.25) is 0 Å². The van der Waals surface area contributed by atoms with Gasteiger partial charge in [0.1, 0.15) is 6.61 Å². The molecule has 2 nitrogen and oxygen atoms in total. The number of ether oxygens (including phenoxy) is 2. The first kappa shape index (κ1) is 11.3. The number of hydrogen-bond donors (Lipinski definition) is 0. The molecule has 0 amide bonds. The highest BCUT2D eigenvalue weighted by atomic mass is 16.5. The molecule has 0 aromatic heterocycles. The zero-order valence-electron chi connectivity index (χ0n) is 9.38. The number of rotatable bonds is 3. The van der Waals surface area contributed by atoms with Crippen molar-refractivity contribution in [2.24, 2.45) is 0 Å². The quantitative estimate of drug-likeness (QED) is 0.646. The molecular formula is C12H20O2. The molecule has 2 heteroatoms. The van der Waals surface area contributed by atoms with Crippen molar-refractivity contribution in [3.05, 3.63) is 24.0 Å². The predicted octanol–water partition coefficient (Wildman–Crippen LogP) is 3.05. The second-order valence-corrected chi connectivity index (χ2v) is 4.15. The SMILES string of the molecule is CC(C)=CCC[C@]1(C)C=COCCO1. The molecule has 1 aliphatic rings. The van der Waals surface area contributed by atoms with Gasteiger partial charge < -0.3 is 9.47 Å². The van der Waals surface area contributed by atoms with Crippen LogP contribution in [0.4, 0.5) is 0 Å². The third-order valence-corrected chi connectivity index (χ3v) is 2.34. The topological polar surface area (TPSA) is 18.5 Å². The molecule has 0 saturated carbocycles. The maximum absolute atomic E-state index is 5.73. The van der Waals surface area contributed by atoms with Crippen molar-refractivity contribution in [2.75, 3.05) is 13.2 Å². The van der Waals surface area contributed by atoms with Crippen molar-refractivity contribution in [1.82, 2.24) is 0 Å². The van der Waals surface area contributed by atoms with Gasteiger partial charge in [-0.15, -0.1) is 0 Å². The molecule has 0 bridgehead atoms. The van der Waals surface area contributed by atoms with Gasteiger partial charge in [-0.25, -0.2) is 0 Å². The molecular weight excluding hydrogens is 176 g/mol. The van der Waals surface area contributed by atoms with Crippen LogP contribution in [-0.4, -0.2) is 18.8 Å². The molecule has 80 valence electrons. The second-order valence-electron chi connectivity index (χ2n) is 4.15. The van der Waals surface area contributed by atoms with Gasteiger partial charge in [0.25, 0.3) is 0 Å². The zero-order chi connectivity index (χ0) is 10.4. The average molecular weight is 196 g/mol. The Bertz CT molecular complexity index is 226. The molecule has 0 saturated heterocycles. The molecule has 0 fully saturated rings. The summed E-state index contributed by atoms with van der Waals surface area (Å²) >= 11 is 0. The normalized spacial score (nSPS) is 26.5. The largest absolute Gasteiger partial charge is 0.499 e. The molecule has 1 atom stereocenters. The third kappa shape index (κ3) is 3.97. The molecule has 0 unspecified atom stereocenters. The lowest BCUT2D eigenvalue weighted by molar-refractivity contribution is -0.00650. The molecule has 1 aliphatic heterocycles. The summed E-state index contributed by atoms with van der Waals surface area (Å²) in [6, 6.07) is 0. The van der Waals surface area contributed by atoms with Crippen LogP contribution in [0.1, 0.15) is 33.6 Å². The first-order valence-corrected chi connectivity index (χ1v) is 5.19. The number of allylic oxidation sites excluding steroid dienone is 2. The van der Waals surface area contributed by atoms with Crippen LogP contribution < -0.4 is 0 Å². The van der Waals surface area contributed by atoms with E-state index in [1.54, 1.807) is 6.26 Å². The second kappa shape index (κ2) is 5.20. The van der Waals surface area contributed by atoms with Crippen LogP contribution in [-0.2, 0) is 9.47 Å². The maximum Gasteiger partial charge on any atom is 0.111 e. The lowest BCUT2D eigenvalue weighted by Gasteiger charge is -2.23. The van der Waals surface area contributed by atoms with Gasteiger partial charge in [-0.2, -0.15) is 0 Å². The Balaban J connectivity index is 2.43. The summed E-state index contributed by atoms with van der Waals surface area (Å²) in [6.45, 7) is 7.69. The number of hydrogen-bond acceptors (Lipinski definition) is 2. The Morgan fingerprint density at radius 3 is 2.93 bits per heavy atom. The minimum absolute atomic E-state index is 0.150. The molecule has 0 aliphatic carbocycles. The van der Waals surface area contributed by atoms with Crippen molar-refractivity contribution in [3.8, 4) is 0 Å². The van der Waals surface area contributed by atoms with E-state index in [0.29, 0.717) is 13.2 Å². The Labute approximate surface area is 86.6 Å². The predicted molar refractivity (Wildman–Crippen MR) is 58.1 cm³/mol. The highest BCUT2D eigenvalue weighted by Gasteiger charge is 2.22. The molecule has 14 heavy (non-hydrogen) atoms. The standard InChI is InChI=1S/C12H20O2/c1-11(2)5-4-6-12(3)7-8-13-9-10-14-12/h5,7-8H,4,6,9-10H2,1-3H3/t12-/m1/s1. The molecule has 0 radical (unpaired) electrons. The summed E-state index contributed by atoms with van der Waals surface area (Å²) in [6.07, 6.45) is 8.09. The van der Waals surface area contributed by atoms with E-state index < -0.39 is 0 Å². The van der Waals surface area contributed by atoms with Crippen molar-refractivity contribution < 1.29 is 9.47 Å². The summed E-state index contributed by atoms with van der Waals surface area (Å²) in [5, 5.41) is 0. The van der Waals surface area contributed by atoms with E-state index in [1.165, 1.54) is 5.57 Å². The van der Waals surface area contributed by atoms with E-state index in [1.807, 2.05) is 6.08 Å². The van der Waals surface area contributed by atoms with Gasteiger partial charge in [-0.3, -0.25) is 0 Å². The van der Waals surface area contributed by atoms with E-state index in [2.05, 4.69) is 26.8 Å². The zero-order valence-corrected chi connectivity index (χ0v) is 9.38. The third-order valence-electron chi connectivity index (χ3n) is 2.34. The first-order chi connectivity index (χ1) is 6.62. The van der Waals surface area contributed by atoms with Gasteiger partial charge in [0, 0.05) is 0 Å². The van der Waals surface area contributed by atoms with E-state index in [-0.39, 0.29) is 5.60 Å². The van der Waals surface area contributed by atoms with E-state index in [4.69, 9.17) is 9.47 Å². The average Bonchev–Trinajstić information content (AvgIpc) is 2.30. The molecule has 0 aromatic carbocycles. The van der Waals surface area contributed by atoms with Crippen molar-refractivity contribution >= 4 is 0 Å². The van der Waals surface area contributed by atoms with Crippen LogP contribution in [0.3, 0.4) is 0 Å². The fourth-order valence-electron chi connectivity index (χ4n) is 1.43. The summed E-state index contributed by atoms with van der Waals surface area (Å²) in [5.41, 5.74) is 1.21. The lowest BCUT2D eigenvalue weighted by atomic mass is 9.99. The minimum Gasteiger partial charge on any atom is -0.499 e. The Morgan fingerprint density at radius 2 is 2.21 bits per heavy atom. The molecule has 1 heterocycles. The monoisotopic (exact) mass is 196 g/mol. The minimum atomic E-state index is -0.150. The van der Waals surface area contributed by atoms with Crippen LogP contribution in [0.15, 0.2) is 24.0 Å². The Morgan fingerprint density at radius 1 is 1.43 bits per heavy atom. The summed E-state index contributed by atoms with van der Waals surface area (Å²) in [5.74, 6) is 0. The highest BCUT2D eigenvalue weighted by molar-refractivity contribution is 5.01. The summed E-state index contributed by atoms with van der Waals surface area (Å²) in [7, 11) is 0. The fraction of sp³-hybridized carbons (Fsp3) is 0.667. The van der Waals surface area contributed by atoms with Crippen molar-refractivity contribution in [3.63, 3.8) is 0 Å². The summed E-state index contributed by atoms with van der Waals surface area (Å²) < 4.78 is 10.9. The lowest BCUT2D eigenvalue weighted by Crippen LogP contribution is -2.26. The van der Waals surface area contributed by atoms with Crippen LogP contribution in [0.5, 0.6) is 0 Å². The van der Waals surface area contributed by atoms with Gasteiger partial charge >= 0.3 is 0 Å². The van der Waals surface area contributed by atoms with Crippen molar-refractivity contribution in [1.29, 1.82) is 0 Å². The van der Waals surface area contributed by atoms with Crippen LogP contribution in [0.25, 0.3) is 0 Å². The first-order valence-electron chi connectivity index (χ1n) is 5.19. The van der Waals surface area contributed by atoms with Crippen LogP contribution >= 0.6 is 0 Å². The smallest absolute Gasteiger partial charge is 0.111 e. The van der Waals surface area contributed by atoms with Gasteiger partial charge in [0.2, 0.25) is 0 Å². The van der Waals surface area contributed by atoms with Gasteiger partial charge in [-0.1, -0.05) is 11.6 Å².